The molecule has 6 nitrogen and oxygen atoms in total. The third-order valence-corrected chi connectivity index (χ3v) is 2.83. The van der Waals surface area contributed by atoms with E-state index in [1.165, 1.54) is 12.1 Å². The monoisotopic (exact) mass is 233 g/mol. The van der Waals surface area contributed by atoms with E-state index in [-0.39, 0.29) is 17.4 Å². The Balaban J connectivity index is 2.32. The first kappa shape index (κ1) is 11.4. The number of nitrogens with zero attached hydrogens (tertiary/aromatic N) is 3. The van der Waals surface area contributed by atoms with Gasteiger partial charge >= 0.3 is 0 Å². The minimum absolute atomic E-state index is 0.0499. The van der Waals surface area contributed by atoms with Crippen LogP contribution in [0, 0.1) is 21.4 Å². The van der Waals surface area contributed by atoms with Crippen LogP contribution in [0.3, 0.4) is 0 Å². The molecule has 1 heterocycles. The van der Waals surface area contributed by atoms with Gasteiger partial charge in [0.05, 0.1) is 11.0 Å². The number of aliphatic hydroxyl groups excluding tert-OH is 1. The standard InChI is InChI=1S/C11H11N3O3/c12-6-8-5-9(1-2-11(8)14(16)17)13-4-3-10(15)7-13/h1-2,5,10,15H,3-4,7H2/t10-/m0/s1. The van der Waals surface area contributed by atoms with Gasteiger partial charge in [0, 0.05) is 24.8 Å². The van der Waals surface area contributed by atoms with Crippen LogP contribution < -0.4 is 4.90 Å². The first-order valence-corrected chi connectivity index (χ1v) is 5.23. The van der Waals surface area contributed by atoms with Crippen molar-refractivity contribution in [3.05, 3.63) is 33.9 Å². The van der Waals surface area contributed by atoms with Gasteiger partial charge in [-0.15, -0.1) is 0 Å². The lowest BCUT2D eigenvalue weighted by molar-refractivity contribution is -0.385. The number of nitro groups is 1. The van der Waals surface area contributed by atoms with Crippen LogP contribution in [0.1, 0.15) is 12.0 Å². The Hall–Kier alpha value is -2.13. The quantitative estimate of drug-likeness (QED) is 0.608. The van der Waals surface area contributed by atoms with Crippen molar-refractivity contribution in [1.82, 2.24) is 0 Å². The van der Waals surface area contributed by atoms with Crippen LogP contribution in [0.15, 0.2) is 18.2 Å². The number of β-amino-alcohol motifs (C(OH)–C–C–N with tert-alkyl or cyclic N) is 1. The normalized spacial score (nSPS) is 19.1. The molecule has 0 aromatic heterocycles. The van der Waals surface area contributed by atoms with Gasteiger partial charge in [-0.3, -0.25) is 10.1 Å². The minimum atomic E-state index is -0.568. The molecule has 1 saturated heterocycles. The van der Waals surface area contributed by atoms with Gasteiger partial charge in [-0.05, 0) is 18.6 Å². The molecular weight excluding hydrogens is 222 g/mol. The van der Waals surface area contributed by atoms with Crippen molar-refractivity contribution in [2.75, 3.05) is 18.0 Å². The van der Waals surface area contributed by atoms with Crippen LogP contribution in [-0.4, -0.2) is 29.2 Å². The molecule has 1 aromatic rings. The number of nitriles is 1. The molecule has 17 heavy (non-hydrogen) atoms. The second-order valence-corrected chi connectivity index (χ2v) is 3.96. The van der Waals surface area contributed by atoms with Gasteiger partial charge < -0.3 is 10.0 Å². The highest BCUT2D eigenvalue weighted by molar-refractivity contribution is 5.60. The molecule has 1 aromatic carbocycles. The van der Waals surface area contributed by atoms with Crippen LogP contribution in [0.25, 0.3) is 0 Å². The fraction of sp³-hybridized carbons (Fsp3) is 0.364. The van der Waals surface area contributed by atoms with Crippen LogP contribution in [-0.2, 0) is 0 Å². The Kier molecular flexibility index (Phi) is 2.93. The van der Waals surface area contributed by atoms with Gasteiger partial charge in [0.15, 0.2) is 0 Å². The number of hydrogen-bond donors (Lipinski definition) is 1. The van der Waals surface area contributed by atoms with Gasteiger partial charge in [0.1, 0.15) is 11.6 Å². The molecule has 2 rings (SSSR count). The zero-order valence-corrected chi connectivity index (χ0v) is 9.04. The average molecular weight is 233 g/mol. The molecule has 0 bridgehead atoms. The molecule has 1 N–H and O–H groups in total. The largest absolute Gasteiger partial charge is 0.391 e. The summed E-state index contributed by atoms with van der Waals surface area (Å²) in [6.07, 6.45) is 0.314. The third kappa shape index (κ3) is 2.19. The number of aliphatic hydroxyl groups is 1. The predicted molar refractivity (Wildman–Crippen MR) is 60.6 cm³/mol. The highest BCUT2D eigenvalue weighted by Gasteiger charge is 2.22. The summed E-state index contributed by atoms with van der Waals surface area (Å²) in [5.74, 6) is 0. The summed E-state index contributed by atoms with van der Waals surface area (Å²) in [6, 6.07) is 6.26. The van der Waals surface area contributed by atoms with E-state index in [0.717, 1.165) is 5.69 Å². The summed E-state index contributed by atoms with van der Waals surface area (Å²) in [4.78, 5) is 12.0. The van der Waals surface area contributed by atoms with Crippen molar-refractivity contribution < 1.29 is 10.0 Å². The van der Waals surface area contributed by atoms with Crippen molar-refractivity contribution in [3.8, 4) is 6.07 Å². The van der Waals surface area contributed by atoms with Gasteiger partial charge in [-0.1, -0.05) is 0 Å². The molecular formula is C11H11N3O3. The van der Waals surface area contributed by atoms with Gasteiger partial charge in [0.25, 0.3) is 5.69 Å². The summed E-state index contributed by atoms with van der Waals surface area (Å²) in [5.41, 5.74) is 0.605. The fourth-order valence-electron chi connectivity index (χ4n) is 1.95. The van der Waals surface area contributed by atoms with E-state index in [1.54, 1.807) is 6.07 Å². The maximum atomic E-state index is 10.7. The van der Waals surface area contributed by atoms with Crippen LogP contribution in [0.4, 0.5) is 11.4 Å². The van der Waals surface area contributed by atoms with E-state index in [4.69, 9.17) is 5.26 Å². The average Bonchev–Trinajstić information content (AvgIpc) is 2.75. The third-order valence-electron chi connectivity index (χ3n) is 2.83. The van der Waals surface area contributed by atoms with Gasteiger partial charge in [0.2, 0.25) is 0 Å². The maximum Gasteiger partial charge on any atom is 0.287 e. The van der Waals surface area contributed by atoms with E-state index in [0.29, 0.717) is 19.5 Å². The summed E-state index contributed by atoms with van der Waals surface area (Å²) in [6.45, 7) is 1.20. The molecule has 0 amide bonds. The Labute approximate surface area is 97.8 Å². The van der Waals surface area contributed by atoms with Crippen LogP contribution in [0.5, 0.6) is 0 Å². The van der Waals surface area contributed by atoms with Crippen molar-refractivity contribution in [1.29, 1.82) is 5.26 Å². The lowest BCUT2D eigenvalue weighted by Crippen LogP contribution is -2.21. The SMILES string of the molecule is N#Cc1cc(N2CC[C@H](O)C2)ccc1[N+](=O)[O-]. The molecule has 1 aliphatic heterocycles. The fourth-order valence-corrected chi connectivity index (χ4v) is 1.95. The smallest absolute Gasteiger partial charge is 0.287 e. The van der Waals surface area contributed by atoms with E-state index >= 15 is 0 Å². The Morgan fingerprint density at radius 2 is 2.35 bits per heavy atom. The second-order valence-electron chi connectivity index (χ2n) is 3.96. The van der Waals surface area contributed by atoms with Gasteiger partial charge in [-0.2, -0.15) is 5.26 Å². The number of benzene rings is 1. The summed E-state index contributed by atoms with van der Waals surface area (Å²) in [7, 11) is 0. The predicted octanol–water partition coefficient (Wildman–Crippen LogP) is 1.04. The van der Waals surface area contributed by atoms with E-state index in [9.17, 15) is 15.2 Å². The molecule has 1 atom stereocenters. The molecule has 1 fully saturated rings. The summed E-state index contributed by atoms with van der Waals surface area (Å²) < 4.78 is 0. The number of anilines is 1. The van der Waals surface area contributed by atoms with E-state index < -0.39 is 4.92 Å². The Morgan fingerprint density at radius 1 is 1.59 bits per heavy atom. The topological polar surface area (TPSA) is 90.4 Å². The molecule has 0 unspecified atom stereocenters. The first-order valence-electron chi connectivity index (χ1n) is 5.23. The van der Waals surface area contributed by atoms with Crippen molar-refractivity contribution >= 4 is 11.4 Å². The Bertz CT molecular complexity index is 495. The van der Waals surface area contributed by atoms with Crippen molar-refractivity contribution in [2.45, 2.75) is 12.5 Å². The molecule has 6 heteroatoms. The lowest BCUT2D eigenvalue weighted by atomic mass is 10.1. The second kappa shape index (κ2) is 4.39. The van der Waals surface area contributed by atoms with Crippen molar-refractivity contribution in [3.63, 3.8) is 0 Å². The molecule has 0 aliphatic carbocycles. The zero-order valence-electron chi connectivity index (χ0n) is 9.04. The van der Waals surface area contributed by atoms with Crippen LogP contribution in [0.2, 0.25) is 0 Å². The minimum Gasteiger partial charge on any atom is -0.391 e. The zero-order chi connectivity index (χ0) is 12.4. The summed E-state index contributed by atoms with van der Waals surface area (Å²) >= 11 is 0. The number of nitro benzene ring substituents is 1. The van der Waals surface area contributed by atoms with E-state index in [2.05, 4.69) is 0 Å². The molecule has 0 spiro atoms. The Morgan fingerprint density at radius 3 is 2.88 bits per heavy atom. The van der Waals surface area contributed by atoms with Crippen molar-refractivity contribution in [2.24, 2.45) is 0 Å². The molecule has 1 aliphatic rings. The first-order chi connectivity index (χ1) is 8.11. The number of rotatable bonds is 2. The van der Waals surface area contributed by atoms with Gasteiger partial charge in [-0.25, -0.2) is 0 Å². The lowest BCUT2D eigenvalue weighted by Gasteiger charge is -2.17. The molecule has 0 saturated carbocycles. The van der Waals surface area contributed by atoms with Crippen LogP contribution >= 0.6 is 0 Å². The molecule has 88 valence electrons. The summed E-state index contributed by atoms with van der Waals surface area (Å²) in [5, 5.41) is 28.9. The highest BCUT2D eigenvalue weighted by atomic mass is 16.6. The maximum absolute atomic E-state index is 10.7. The van der Waals surface area contributed by atoms with E-state index in [1.807, 2.05) is 11.0 Å². The molecule has 0 radical (unpaired) electrons. The highest BCUT2D eigenvalue weighted by Crippen LogP contribution is 2.26. The number of hydrogen-bond acceptors (Lipinski definition) is 5.